The fourth-order valence-electron chi connectivity index (χ4n) is 2.36. The van der Waals surface area contributed by atoms with Crippen molar-refractivity contribution in [2.24, 2.45) is 5.10 Å². The molecule has 0 aromatic heterocycles. The number of hydrogen-bond donors (Lipinski definition) is 2. The van der Waals surface area contributed by atoms with Gasteiger partial charge in [0.05, 0.1) is 6.21 Å². The summed E-state index contributed by atoms with van der Waals surface area (Å²) in [6, 6.07) is 21.8. The Kier molecular flexibility index (Phi) is 6.70. The van der Waals surface area contributed by atoms with Gasteiger partial charge in [-0.3, -0.25) is 5.43 Å². The van der Waals surface area contributed by atoms with Gasteiger partial charge in [0.1, 0.15) is 18.2 Å². The van der Waals surface area contributed by atoms with E-state index in [2.05, 4.69) is 47.0 Å². The second-order valence-corrected chi connectivity index (χ2v) is 6.58. The summed E-state index contributed by atoms with van der Waals surface area (Å²) < 4.78 is 18.7. The molecule has 0 atom stereocenters. The summed E-state index contributed by atoms with van der Waals surface area (Å²) in [5.74, 6) is 0.493. The molecule has 0 aliphatic carbocycles. The first-order chi connectivity index (χ1) is 13.6. The van der Waals surface area contributed by atoms with Crippen LogP contribution < -0.4 is 15.5 Å². The van der Waals surface area contributed by atoms with Crippen LogP contribution in [-0.4, -0.2) is 11.3 Å². The molecule has 0 heterocycles. The van der Waals surface area contributed by atoms with Crippen LogP contribution in [-0.2, 0) is 6.61 Å². The van der Waals surface area contributed by atoms with Gasteiger partial charge in [0.15, 0.2) is 5.11 Å². The molecule has 0 unspecified atom stereocenters. The number of anilines is 1. The third kappa shape index (κ3) is 6.17. The maximum absolute atomic E-state index is 12.9. The summed E-state index contributed by atoms with van der Waals surface area (Å²) in [5, 5.41) is 7.33. The van der Waals surface area contributed by atoms with Crippen LogP contribution in [0.3, 0.4) is 0 Å². The summed E-state index contributed by atoms with van der Waals surface area (Å²) in [7, 11) is 0. The van der Waals surface area contributed by atoms with E-state index in [-0.39, 0.29) is 5.82 Å². The van der Waals surface area contributed by atoms with Gasteiger partial charge in [-0.25, -0.2) is 4.39 Å². The standard InChI is InChI=1S/C22H20FN3OS/c1-16-2-4-18(5-3-16)15-27-21-12-6-17(7-13-21)14-24-26-22(28)25-20-10-8-19(23)9-11-20/h2-14H,15H2,1H3,(H2,25,26,28)/b24-14+. The molecule has 4 nitrogen and oxygen atoms in total. The first-order valence-corrected chi connectivity index (χ1v) is 9.13. The van der Waals surface area contributed by atoms with Crippen molar-refractivity contribution in [3.8, 4) is 5.75 Å². The molecule has 3 aromatic carbocycles. The summed E-state index contributed by atoms with van der Waals surface area (Å²) in [6.07, 6.45) is 1.66. The number of aryl methyl sites for hydroxylation is 1. The first kappa shape index (κ1) is 19.5. The third-order valence-corrected chi connectivity index (χ3v) is 4.08. The van der Waals surface area contributed by atoms with E-state index in [4.69, 9.17) is 17.0 Å². The monoisotopic (exact) mass is 393 g/mol. The van der Waals surface area contributed by atoms with E-state index >= 15 is 0 Å². The van der Waals surface area contributed by atoms with E-state index in [9.17, 15) is 4.39 Å². The fraction of sp³-hybridized carbons (Fsp3) is 0.0909. The molecule has 0 fully saturated rings. The molecule has 28 heavy (non-hydrogen) atoms. The zero-order valence-corrected chi connectivity index (χ0v) is 16.2. The van der Waals surface area contributed by atoms with Gasteiger partial charge in [0, 0.05) is 5.69 Å². The minimum absolute atomic E-state index is 0.297. The topological polar surface area (TPSA) is 45.6 Å². The molecular weight excluding hydrogens is 373 g/mol. The van der Waals surface area contributed by atoms with Gasteiger partial charge in [0.25, 0.3) is 0 Å². The quantitative estimate of drug-likeness (QED) is 0.350. The largest absolute Gasteiger partial charge is 0.489 e. The number of rotatable bonds is 6. The Bertz CT molecular complexity index is 939. The van der Waals surface area contributed by atoms with Crippen LogP contribution in [0.4, 0.5) is 10.1 Å². The second kappa shape index (κ2) is 9.62. The molecule has 3 aromatic rings. The number of ether oxygens (including phenoxy) is 1. The lowest BCUT2D eigenvalue weighted by Gasteiger charge is -2.07. The lowest BCUT2D eigenvalue weighted by molar-refractivity contribution is 0.306. The Balaban J connectivity index is 1.45. The normalized spacial score (nSPS) is 10.6. The predicted octanol–water partition coefficient (Wildman–Crippen LogP) is 5.03. The Labute approximate surface area is 169 Å². The average Bonchev–Trinajstić information content (AvgIpc) is 2.70. The van der Waals surface area contributed by atoms with Crippen molar-refractivity contribution in [1.29, 1.82) is 0 Å². The van der Waals surface area contributed by atoms with Crippen LogP contribution in [0.15, 0.2) is 77.9 Å². The van der Waals surface area contributed by atoms with Crippen LogP contribution in [0, 0.1) is 12.7 Å². The molecule has 0 radical (unpaired) electrons. The van der Waals surface area contributed by atoms with E-state index in [1.54, 1.807) is 18.3 Å². The highest BCUT2D eigenvalue weighted by Crippen LogP contribution is 2.14. The van der Waals surface area contributed by atoms with Gasteiger partial charge in [0.2, 0.25) is 0 Å². The Morgan fingerprint density at radius 1 is 1.00 bits per heavy atom. The number of hydrogen-bond acceptors (Lipinski definition) is 3. The lowest BCUT2D eigenvalue weighted by Crippen LogP contribution is -2.23. The minimum Gasteiger partial charge on any atom is -0.489 e. The highest BCUT2D eigenvalue weighted by molar-refractivity contribution is 7.80. The van der Waals surface area contributed by atoms with E-state index < -0.39 is 0 Å². The highest BCUT2D eigenvalue weighted by Gasteiger charge is 1.98. The number of benzene rings is 3. The van der Waals surface area contributed by atoms with E-state index in [1.807, 2.05) is 24.3 Å². The van der Waals surface area contributed by atoms with Gasteiger partial charge in [-0.2, -0.15) is 5.10 Å². The molecule has 3 rings (SSSR count). The molecule has 0 bridgehead atoms. The number of halogens is 1. The lowest BCUT2D eigenvalue weighted by atomic mass is 10.2. The van der Waals surface area contributed by atoms with Crippen LogP contribution in [0.1, 0.15) is 16.7 Å². The van der Waals surface area contributed by atoms with Crippen molar-refractivity contribution in [3.05, 3.63) is 95.3 Å². The molecule has 0 spiro atoms. The maximum Gasteiger partial charge on any atom is 0.191 e. The van der Waals surface area contributed by atoms with Gasteiger partial charge in [-0.1, -0.05) is 29.8 Å². The number of thiocarbonyl (C=S) groups is 1. The van der Waals surface area contributed by atoms with Crippen molar-refractivity contribution in [2.45, 2.75) is 13.5 Å². The minimum atomic E-state index is -0.297. The van der Waals surface area contributed by atoms with Crippen LogP contribution in [0.25, 0.3) is 0 Å². The molecular formula is C22H20FN3OS. The van der Waals surface area contributed by atoms with Gasteiger partial charge < -0.3 is 10.1 Å². The van der Waals surface area contributed by atoms with Crippen LogP contribution in [0.5, 0.6) is 5.75 Å². The van der Waals surface area contributed by atoms with E-state index in [1.165, 1.54) is 17.7 Å². The molecule has 0 aliphatic heterocycles. The molecule has 2 N–H and O–H groups in total. The first-order valence-electron chi connectivity index (χ1n) is 8.72. The molecule has 0 saturated heterocycles. The number of nitrogens with one attached hydrogen (secondary N) is 2. The van der Waals surface area contributed by atoms with E-state index in [0.29, 0.717) is 17.4 Å². The van der Waals surface area contributed by atoms with Crippen molar-refractivity contribution in [1.82, 2.24) is 5.43 Å². The SMILES string of the molecule is Cc1ccc(COc2ccc(/C=N/NC(=S)Nc3ccc(F)cc3)cc2)cc1. The summed E-state index contributed by atoms with van der Waals surface area (Å²) in [6.45, 7) is 2.59. The molecule has 0 amide bonds. The predicted molar refractivity (Wildman–Crippen MR) is 115 cm³/mol. The Morgan fingerprint density at radius 2 is 1.68 bits per heavy atom. The maximum atomic E-state index is 12.9. The van der Waals surface area contributed by atoms with Crippen molar-refractivity contribution < 1.29 is 9.13 Å². The summed E-state index contributed by atoms with van der Waals surface area (Å²) >= 11 is 5.14. The summed E-state index contributed by atoms with van der Waals surface area (Å²) in [4.78, 5) is 0. The van der Waals surface area contributed by atoms with Gasteiger partial charge in [-0.15, -0.1) is 0 Å². The smallest absolute Gasteiger partial charge is 0.191 e. The van der Waals surface area contributed by atoms with Crippen molar-refractivity contribution >= 4 is 29.2 Å². The Hall–Kier alpha value is -3.25. The molecule has 0 aliphatic rings. The number of hydrazone groups is 1. The number of nitrogens with zero attached hydrogens (tertiary/aromatic N) is 1. The fourth-order valence-corrected chi connectivity index (χ4v) is 2.53. The van der Waals surface area contributed by atoms with Crippen molar-refractivity contribution in [3.63, 3.8) is 0 Å². The van der Waals surface area contributed by atoms with Gasteiger partial charge >= 0.3 is 0 Å². The molecule has 0 saturated carbocycles. The second-order valence-electron chi connectivity index (χ2n) is 6.17. The van der Waals surface area contributed by atoms with Crippen LogP contribution in [0.2, 0.25) is 0 Å². The van der Waals surface area contributed by atoms with Crippen LogP contribution >= 0.6 is 12.2 Å². The highest BCUT2D eigenvalue weighted by atomic mass is 32.1. The molecule has 142 valence electrons. The van der Waals surface area contributed by atoms with E-state index in [0.717, 1.165) is 16.9 Å². The zero-order chi connectivity index (χ0) is 19.8. The van der Waals surface area contributed by atoms with Gasteiger partial charge in [-0.05, 0) is 78.8 Å². The zero-order valence-electron chi connectivity index (χ0n) is 15.4. The molecule has 6 heteroatoms. The average molecular weight is 393 g/mol. The summed E-state index contributed by atoms with van der Waals surface area (Å²) in [5.41, 5.74) is 6.67. The third-order valence-electron chi connectivity index (χ3n) is 3.89. The Morgan fingerprint density at radius 3 is 2.36 bits per heavy atom. The van der Waals surface area contributed by atoms with Crippen molar-refractivity contribution in [2.75, 3.05) is 5.32 Å².